The molecule has 0 bridgehead atoms. The number of nitrogens with zero attached hydrogens (tertiary/aromatic N) is 2. The van der Waals surface area contributed by atoms with E-state index in [9.17, 15) is 14.7 Å². The van der Waals surface area contributed by atoms with Crippen LogP contribution in [0.3, 0.4) is 0 Å². The van der Waals surface area contributed by atoms with Crippen LogP contribution >= 0.6 is 0 Å². The van der Waals surface area contributed by atoms with Gasteiger partial charge in [-0.3, -0.25) is 9.59 Å². The van der Waals surface area contributed by atoms with Crippen LogP contribution in [0.15, 0.2) is 42.1 Å². The van der Waals surface area contributed by atoms with Gasteiger partial charge >= 0.3 is 0 Å². The number of imide groups is 1. The zero-order chi connectivity index (χ0) is 23.0. The van der Waals surface area contributed by atoms with E-state index in [0.717, 1.165) is 35.1 Å². The molecule has 168 valence electrons. The number of carbonyl (C=O) groups is 2. The van der Waals surface area contributed by atoms with Crippen molar-refractivity contribution in [3.63, 3.8) is 0 Å². The van der Waals surface area contributed by atoms with Gasteiger partial charge in [-0.25, -0.2) is 4.90 Å². The number of amides is 2. The number of piperidine rings is 1. The predicted octanol–water partition coefficient (Wildman–Crippen LogP) is 3.61. The van der Waals surface area contributed by atoms with E-state index >= 15 is 0 Å². The number of aliphatic hydroxyl groups is 1. The summed E-state index contributed by atoms with van der Waals surface area (Å²) < 4.78 is 5.49. The molecule has 1 fully saturated rings. The maximum atomic E-state index is 13.8. The third-order valence-electron chi connectivity index (χ3n) is 6.52. The monoisotopic (exact) mass is 434 g/mol. The fraction of sp³-hybridized carbons (Fsp3) is 0.385. The molecule has 2 aliphatic rings. The Balaban J connectivity index is 1.87. The summed E-state index contributed by atoms with van der Waals surface area (Å²) in [6.07, 6.45) is 1.78. The largest absolute Gasteiger partial charge is 0.495 e. The fourth-order valence-electron chi connectivity index (χ4n) is 4.58. The van der Waals surface area contributed by atoms with Gasteiger partial charge in [0.15, 0.2) is 0 Å². The second kappa shape index (κ2) is 8.79. The molecule has 4 rings (SSSR count). The van der Waals surface area contributed by atoms with Crippen molar-refractivity contribution in [1.29, 1.82) is 0 Å². The molecular weight excluding hydrogens is 404 g/mol. The highest BCUT2D eigenvalue weighted by atomic mass is 16.5. The first-order chi connectivity index (χ1) is 15.3. The number of aryl methyl sites for hydroxylation is 3. The van der Waals surface area contributed by atoms with Gasteiger partial charge in [0.25, 0.3) is 11.8 Å². The number of likely N-dealkylation sites (tertiary alicyclic amines) is 1. The van der Waals surface area contributed by atoms with E-state index in [1.807, 2.05) is 56.0 Å². The topological polar surface area (TPSA) is 70.1 Å². The Bertz CT molecular complexity index is 1110. The highest BCUT2D eigenvalue weighted by Crippen LogP contribution is 2.40. The van der Waals surface area contributed by atoms with Gasteiger partial charge in [-0.1, -0.05) is 24.3 Å². The first kappa shape index (κ1) is 22.1. The summed E-state index contributed by atoms with van der Waals surface area (Å²) in [5.74, 6) is -0.124. The smallest absolute Gasteiger partial charge is 0.282 e. The van der Waals surface area contributed by atoms with Crippen molar-refractivity contribution in [1.82, 2.24) is 4.90 Å². The fourth-order valence-corrected chi connectivity index (χ4v) is 4.58. The molecule has 6 nitrogen and oxygen atoms in total. The Kier molecular flexibility index (Phi) is 6.07. The average molecular weight is 435 g/mol. The molecule has 2 aromatic carbocycles. The number of aliphatic hydroxyl groups excluding tert-OH is 1. The van der Waals surface area contributed by atoms with Gasteiger partial charge in [0.05, 0.1) is 18.4 Å². The molecule has 0 radical (unpaired) electrons. The van der Waals surface area contributed by atoms with E-state index in [1.165, 1.54) is 12.0 Å². The number of anilines is 1. The van der Waals surface area contributed by atoms with Gasteiger partial charge in [0.1, 0.15) is 11.4 Å². The highest BCUT2D eigenvalue weighted by molar-refractivity contribution is 6.45. The lowest BCUT2D eigenvalue weighted by molar-refractivity contribution is -0.120. The normalized spacial score (nSPS) is 19.2. The Labute approximate surface area is 189 Å². The minimum Gasteiger partial charge on any atom is -0.495 e. The van der Waals surface area contributed by atoms with Crippen LogP contribution in [0.5, 0.6) is 5.75 Å². The van der Waals surface area contributed by atoms with E-state index in [1.54, 1.807) is 6.07 Å². The summed E-state index contributed by atoms with van der Waals surface area (Å²) in [6, 6.07) is 11.3. The molecule has 1 unspecified atom stereocenters. The molecule has 0 spiro atoms. The Morgan fingerprint density at radius 3 is 2.50 bits per heavy atom. The van der Waals surface area contributed by atoms with Gasteiger partial charge in [-0.05, 0) is 73.9 Å². The summed E-state index contributed by atoms with van der Waals surface area (Å²) in [7, 11) is 1.54. The summed E-state index contributed by atoms with van der Waals surface area (Å²) in [4.78, 5) is 30.9. The zero-order valence-electron chi connectivity index (χ0n) is 19.1. The molecule has 32 heavy (non-hydrogen) atoms. The number of benzene rings is 2. The second-order valence-electron chi connectivity index (χ2n) is 8.78. The number of methoxy groups -OCH3 is 1. The molecular formula is C26H30N2O4. The van der Waals surface area contributed by atoms with Crippen LogP contribution in [0.4, 0.5) is 5.69 Å². The van der Waals surface area contributed by atoms with Gasteiger partial charge in [-0.15, -0.1) is 0 Å². The lowest BCUT2D eigenvalue weighted by atomic mass is 9.96. The van der Waals surface area contributed by atoms with Crippen LogP contribution in [0.1, 0.15) is 35.1 Å². The maximum Gasteiger partial charge on any atom is 0.282 e. The van der Waals surface area contributed by atoms with Crippen molar-refractivity contribution < 1.29 is 19.4 Å². The SMILES string of the molecule is COc1ccc(C)cc1N1C(=O)C(c2ccc(C)c(C)c2)=C(N2CCCC(CO)C2)C1=O. The van der Waals surface area contributed by atoms with Crippen LogP contribution in [0.25, 0.3) is 5.57 Å². The maximum absolute atomic E-state index is 13.8. The van der Waals surface area contributed by atoms with Crippen molar-refractivity contribution in [3.05, 3.63) is 64.3 Å². The van der Waals surface area contributed by atoms with Crippen LogP contribution in [-0.2, 0) is 9.59 Å². The Hall–Kier alpha value is -3.12. The van der Waals surface area contributed by atoms with Crippen molar-refractivity contribution in [3.8, 4) is 5.75 Å². The van der Waals surface area contributed by atoms with Crippen LogP contribution in [-0.4, -0.2) is 48.6 Å². The highest BCUT2D eigenvalue weighted by Gasteiger charge is 2.44. The van der Waals surface area contributed by atoms with Crippen molar-refractivity contribution in [2.75, 3.05) is 31.7 Å². The minimum absolute atomic E-state index is 0.0697. The van der Waals surface area contributed by atoms with E-state index in [4.69, 9.17) is 4.74 Å². The number of rotatable bonds is 5. The number of hydrogen-bond acceptors (Lipinski definition) is 5. The van der Waals surface area contributed by atoms with E-state index in [-0.39, 0.29) is 24.3 Å². The molecule has 1 atom stereocenters. The standard InChI is InChI=1S/C26H30N2O4/c1-16-7-10-22(32-4)21(12-16)28-25(30)23(20-9-8-17(2)18(3)13-20)24(26(28)31)27-11-5-6-19(14-27)15-29/h7-10,12-13,19,29H,5-6,11,14-15H2,1-4H3. The molecule has 0 aromatic heterocycles. The molecule has 1 N–H and O–H groups in total. The van der Waals surface area contributed by atoms with Crippen molar-refractivity contribution in [2.45, 2.75) is 33.6 Å². The summed E-state index contributed by atoms with van der Waals surface area (Å²) in [6.45, 7) is 7.25. The number of carbonyl (C=O) groups excluding carboxylic acids is 2. The van der Waals surface area contributed by atoms with E-state index in [0.29, 0.717) is 35.8 Å². The van der Waals surface area contributed by atoms with Crippen LogP contribution < -0.4 is 9.64 Å². The first-order valence-corrected chi connectivity index (χ1v) is 11.1. The van der Waals surface area contributed by atoms with Crippen molar-refractivity contribution in [2.24, 2.45) is 5.92 Å². The molecule has 1 saturated heterocycles. The van der Waals surface area contributed by atoms with Crippen molar-refractivity contribution >= 4 is 23.1 Å². The lowest BCUT2D eigenvalue weighted by Gasteiger charge is -2.34. The molecule has 6 heteroatoms. The summed E-state index contributed by atoms with van der Waals surface area (Å²) in [5, 5.41) is 9.73. The number of ether oxygens (including phenoxy) is 1. The molecule has 2 aliphatic heterocycles. The Morgan fingerprint density at radius 2 is 1.81 bits per heavy atom. The summed E-state index contributed by atoms with van der Waals surface area (Å²) >= 11 is 0. The lowest BCUT2D eigenvalue weighted by Crippen LogP contribution is -2.40. The van der Waals surface area contributed by atoms with Gasteiger partial charge < -0.3 is 14.7 Å². The number of hydrogen-bond donors (Lipinski definition) is 1. The van der Waals surface area contributed by atoms with E-state index in [2.05, 4.69) is 0 Å². The van der Waals surface area contributed by atoms with Gasteiger partial charge in [0.2, 0.25) is 0 Å². The second-order valence-corrected chi connectivity index (χ2v) is 8.78. The first-order valence-electron chi connectivity index (χ1n) is 11.1. The quantitative estimate of drug-likeness (QED) is 0.728. The summed E-state index contributed by atoms with van der Waals surface area (Å²) in [5.41, 5.74) is 5.15. The predicted molar refractivity (Wildman–Crippen MR) is 124 cm³/mol. The Morgan fingerprint density at radius 1 is 1.03 bits per heavy atom. The minimum atomic E-state index is -0.344. The van der Waals surface area contributed by atoms with Crippen LogP contribution in [0.2, 0.25) is 0 Å². The molecule has 0 aliphatic carbocycles. The molecule has 2 heterocycles. The third kappa shape index (κ3) is 3.79. The molecule has 2 aromatic rings. The molecule has 0 saturated carbocycles. The zero-order valence-corrected chi connectivity index (χ0v) is 19.1. The van der Waals surface area contributed by atoms with E-state index < -0.39 is 0 Å². The third-order valence-corrected chi connectivity index (χ3v) is 6.52. The van der Waals surface area contributed by atoms with Gasteiger partial charge in [-0.2, -0.15) is 0 Å². The van der Waals surface area contributed by atoms with Crippen LogP contribution in [0, 0.1) is 26.7 Å². The molecule has 2 amide bonds. The van der Waals surface area contributed by atoms with Gasteiger partial charge in [0, 0.05) is 19.7 Å². The average Bonchev–Trinajstić information content (AvgIpc) is 3.05.